The molecule has 3 aliphatic rings. The molecule has 2 unspecified atom stereocenters. The molecule has 4 rings (SSSR count). The van der Waals surface area contributed by atoms with Crippen molar-refractivity contribution >= 4 is 0 Å². The topological polar surface area (TPSA) is 21.1 Å². The Hall–Kier alpha value is -0.900. The predicted molar refractivity (Wildman–Crippen MR) is 66.9 cm³/mol. The van der Waals surface area contributed by atoms with Crippen molar-refractivity contribution in [2.45, 2.75) is 44.7 Å². The molecular weight excluding hydrogens is 229 g/mol. The lowest BCUT2D eigenvalue weighted by atomic mass is 10.2. The fraction of sp³-hybridized carbons (Fsp3) is 0.786. The summed E-state index contributed by atoms with van der Waals surface area (Å²) in [6.07, 6.45) is 3.94. The first-order valence-corrected chi connectivity index (χ1v) is 7.13. The van der Waals surface area contributed by atoms with Gasteiger partial charge in [0.15, 0.2) is 5.82 Å². The van der Waals surface area contributed by atoms with Crippen LogP contribution in [0.25, 0.3) is 0 Å². The molecule has 1 saturated heterocycles. The Morgan fingerprint density at radius 1 is 1.28 bits per heavy atom. The van der Waals surface area contributed by atoms with Crippen molar-refractivity contribution in [1.29, 1.82) is 0 Å². The predicted octanol–water partition coefficient (Wildman–Crippen LogP) is 2.41. The molecule has 1 aromatic rings. The van der Waals surface area contributed by atoms with Crippen LogP contribution in [0.3, 0.4) is 0 Å². The Kier molecular flexibility index (Phi) is 2.17. The number of nitrogens with zero attached hydrogens (tertiary/aromatic N) is 3. The largest absolute Gasteiger partial charge is 0.300 e. The lowest BCUT2D eigenvalue weighted by molar-refractivity contribution is 0.242. The Morgan fingerprint density at radius 3 is 2.50 bits per heavy atom. The van der Waals surface area contributed by atoms with Crippen molar-refractivity contribution in [2.75, 3.05) is 13.1 Å². The van der Waals surface area contributed by atoms with Crippen LogP contribution in [0.4, 0.5) is 4.39 Å². The minimum Gasteiger partial charge on any atom is -0.300 e. The third-order valence-electron chi connectivity index (χ3n) is 4.90. The van der Waals surface area contributed by atoms with E-state index in [0.717, 1.165) is 18.8 Å². The molecule has 1 aliphatic heterocycles. The Morgan fingerprint density at radius 2 is 1.94 bits per heavy atom. The zero-order chi connectivity index (χ0) is 12.4. The molecule has 3 fully saturated rings. The van der Waals surface area contributed by atoms with E-state index in [0.29, 0.717) is 29.8 Å². The minimum atomic E-state index is -0.0719. The maximum Gasteiger partial charge on any atom is 0.164 e. The summed E-state index contributed by atoms with van der Waals surface area (Å²) in [4.78, 5) is 2.50. The van der Waals surface area contributed by atoms with Crippen molar-refractivity contribution in [3.05, 3.63) is 17.7 Å². The van der Waals surface area contributed by atoms with E-state index in [1.54, 1.807) is 6.20 Å². The van der Waals surface area contributed by atoms with Gasteiger partial charge in [-0.25, -0.2) is 4.39 Å². The highest BCUT2D eigenvalue weighted by atomic mass is 19.1. The van der Waals surface area contributed by atoms with Crippen molar-refractivity contribution < 1.29 is 4.39 Å². The molecule has 2 heterocycles. The summed E-state index contributed by atoms with van der Waals surface area (Å²) >= 11 is 0. The number of hydrogen-bond acceptors (Lipinski definition) is 2. The molecule has 2 aliphatic carbocycles. The highest BCUT2D eigenvalue weighted by Crippen LogP contribution is 2.58. The van der Waals surface area contributed by atoms with Crippen LogP contribution in [-0.2, 0) is 0 Å². The van der Waals surface area contributed by atoms with Crippen LogP contribution < -0.4 is 0 Å². The summed E-state index contributed by atoms with van der Waals surface area (Å²) in [5.41, 5.74) is 0.750. The third kappa shape index (κ3) is 1.54. The van der Waals surface area contributed by atoms with Gasteiger partial charge < -0.3 is 4.90 Å². The highest BCUT2D eigenvalue weighted by molar-refractivity contribution is 5.25. The molecule has 0 bridgehead atoms. The van der Waals surface area contributed by atoms with Gasteiger partial charge in [0, 0.05) is 25.0 Å². The van der Waals surface area contributed by atoms with Gasteiger partial charge in [0.25, 0.3) is 0 Å². The second-order valence-corrected chi connectivity index (χ2v) is 6.47. The quantitative estimate of drug-likeness (QED) is 0.820. The summed E-state index contributed by atoms with van der Waals surface area (Å²) in [5.74, 6) is 1.64. The normalized spacial score (nSPS) is 35.2. The van der Waals surface area contributed by atoms with Crippen molar-refractivity contribution in [3.8, 4) is 0 Å². The van der Waals surface area contributed by atoms with Crippen LogP contribution >= 0.6 is 0 Å². The van der Waals surface area contributed by atoms with Gasteiger partial charge in [-0.2, -0.15) is 5.10 Å². The molecule has 1 aromatic heterocycles. The van der Waals surface area contributed by atoms with E-state index in [4.69, 9.17) is 0 Å². The van der Waals surface area contributed by atoms with Gasteiger partial charge in [-0.3, -0.25) is 4.68 Å². The van der Waals surface area contributed by atoms with E-state index in [1.165, 1.54) is 12.8 Å². The second-order valence-electron chi connectivity index (χ2n) is 6.47. The fourth-order valence-electron chi connectivity index (χ4n) is 3.52. The van der Waals surface area contributed by atoms with Gasteiger partial charge >= 0.3 is 0 Å². The second kappa shape index (κ2) is 3.56. The molecule has 2 atom stereocenters. The lowest BCUT2D eigenvalue weighted by Crippen LogP contribution is -2.31. The fourth-order valence-corrected chi connectivity index (χ4v) is 3.52. The molecule has 98 valence electrons. The number of halogens is 1. The number of rotatable bonds is 3. The maximum absolute atomic E-state index is 14.0. The Balaban J connectivity index is 1.50. The SMILES string of the molecule is CC(C)N1CC2C(C1)C2c1nn(C2CC2)cc1F. The first kappa shape index (κ1) is 11.0. The smallest absolute Gasteiger partial charge is 0.164 e. The van der Waals surface area contributed by atoms with Gasteiger partial charge in [-0.15, -0.1) is 0 Å². The van der Waals surface area contributed by atoms with E-state index < -0.39 is 0 Å². The van der Waals surface area contributed by atoms with E-state index in [9.17, 15) is 4.39 Å². The number of hydrogen-bond donors (Lipinski definition) is 0. The molecule has 0 N–H and O–H groups in total. The molecule has 4 heteroatoms. The van der Waals surface area contributed by atoms with Crippen LogP contribution in [0, 0.1) is 17.7 Å². The lowest BCUT2D eigenvalue weighted by Gasteiger charge is -2.23. The molecule has 0 amide bonds. The molecule has 0 radical (unpaired) electrons. The summed E-state index contributed by atoms with van der Waals surface area (Å²) in [7, 11) is 0. The number of piperidine rings is 1. The van der Waals surface area contributed by atoms with Crippen molar-refractivity contribution in [3.63, 3.8) is 0 Å². The minimum absolute atomic E-state index is 0.0719. The molecule has 18 heavy (non-hydrogen) atoms. The zero-order valence-electron chi connectivity index (χ0n) is 11.0. The molecule has 0 spiro atoms. The van der Waals surface area contributed by atoms with Gasteiger partial charge in [0.05, 0.1) is 12.2 Å². The third-order valence-corrected chi connectivity index (χ3v) is 4.90. The number of fused-ring (bicyclic) bond motifs is 1. The highest BCUT2D eigenvalue weighted by Gasteiger charge is 2.58. The van der Waals surface area contributed by atoms with Crippen LogP contribution in [0.1, 0.15) is 44.3 Å². The summed E-state index contributed by atoms with van der Waals surface area (Å²) in [5, 5.41) is 4.51. The Labute approximate surface area is 107 Å². The van der Waals surface area contributed by atoms with Crippen molar-refractivity contribution in [2.24, 2.45) is 11.8 Å². The van der Waals surface area contributed by atoms with Gasteiger partial charge in [0.1, 0.15) is 5.69 Å². The zero-order valence-corrected chi connectivity index (χ0v) is 11.0. The average molecular weight is 249 g/mol. The van der Waals surface area contributed by atoms with Crippen LogP contribution in [-0.4, -0.2) is 33.8 Å². The van der Waals surface area contributed by atoms with Crippen LogP contribution in [0.2, 0.25) is 0 Å². The summed E-state index contributed by atoms with van der Waals surface area (Å²) in [6.45, 7) is 6.73. The van der Waals surface area contributed by atoms with Crippen molar-refractivity contribution in [1.82, 2.24) is 14.7 Å². The van der Waals surface area contributed by atoms with Gasteiger partial charge in [-0.1, -0.05) is 0 Å². The molecule has 3 nitrogen and oxygen atoms in total. The average Bonchev–Trinajstić information content (AvgIpc) is 3.21. The maximum atomic E-state index is 14.0. The number of likely N-dealkylation sites (tertiary alicyclic amines) is 1. The van der Waals surface area contributed by atoms with Gasteiger partial charge in [0.2, 0.25) is 0 Å². The summed E-state index contributed by atoms with van der Waals surface area (Å²) in [6, 6.07) is 1.10. The van der Waals surface area contributed by atoms with E-state index in [1.807, 2.05) is 4.68 Å². The first-order chi connectivity index (χ1) is 8.65. The molecule has 0 aromatic carbocycles. The molecular formula is C14H20FN3. The summed E-state index contributed by atoms with van der Waals surface area (Å²) < 4.78 is 15.8. The van der Waals surface area contributed by atoms with E-state index in [-0.39, 0.29) is 5.82 Å². The van der Waals surface area contributed by atoms with E-state index >= 15 is 0 Å². The Bertz CT molecular complexity index is 465. The molecule has 2 saturated carbocycles. The van der Waals surface area contributed by atoms with Crippen LogP contribution in [0.5, 0.6) is 0 Å². The standard InChI is InChI=1S/C14H20FN3/c1-8(2)17-5-10-11(6-17)13(10)14-12(15)7-18(16-14)9-3-4-9/h7-11,13H,3-6H2,1-2H3. The van der Waals surface area contributed by atoms with Gasteiger partial charge in [-0.05, 0) is 38.5 Å². The number of aromatic nitrogens is 2. The van der Waals surface area contributed by atoms with Crippen LogP contribution in [0.15, 0.2) is 6.20 Å². The first-order valence-electron chi connectivity index (χ1n) is 7.13. The monoisotopic (exact) mass is 249 g/mol. The van der Waals surface area contributed by atoms with E-state index in [2.05, 4.69) is 23.8 Å².